The number of rotatable bonds is 3. The topological polar surface area (TPSA) is 73.2 Å². The molecule has 96 valence electrons. The summed E-state index contributed by atoms with van der Waals surface area (Å²) >= 11 is 6.26. The van der Waals surface area contributed by atoms with Crippen molar-refractivity contribution in [2.24, 2.45) is 0 Å². The number of nitrogens with zero attached hydrogens (tertiary/aromatic N) is 1. The molecular formula is C12H14ClN3O2. The number of hydrogen-bond donors (Lipinski definition) is 2. The van der Waals surface area contributed by atoms with Gasteiger partial charge in [-0.25, -0.2) is 0 Å². The molecule has 18 heavy (non-hydrogen) atoms. The van der Waals surface area contributed by atoms with Crippen LogP contribution < -0.4 is 15.2 Å². The first kappa shape index (κ1) is 12.6. The van der Waals surface area contributed by atoms with E-state index in [-0.39, 0.29) is 0 Å². The predicted octanol–water partition coefficient (Wildman–Crippen LogP) is 2.64. The van der Waals surface area contributed by atoms with Crippen molar-refractivity contribution in [3.63, 3.8) is 0 Å². The predicted molar refractivity (Wildman–Crippen MR) is 71.3 cm³/mol. The normalized spacial score (nSPS) is 10.4. The summed E-state index contributed by atoms with van der Waals surface area (Å²) in [7, 11) is 3.16. The zero-order valence-electron chi connectivity index (χ0n) is 10.4. The van der Waals surface area contributed by atoms with Gasteiger partial charge in [0.05, 0.1) is 24.9 Å². The Morgan fingerprint density at radius 3 is 2.50 bits per heavy atom. The molecule has 1 aromatic heterocycles. The number of H-pyrrole nitrogens is 1. The third-order valence-electron chi connectivity index (χ3n) is 2.73. The van der Waals surface area contributed by atoms with E-state index in [1.807, 2.05) is 6.92 Å². The van der Waals surface area contributed by atoms with Crippen molar-refractivity contribution in [2.75, 3.05) is 20.0 Å². The molecule has 0 saturated heterocycles. The number of methoxy groups -OCH3 is 2. The number of nitrogen functional groups attached to an aromatic ring is 1. The van der Waals surface area contributed by atoms with E-state index in [0.29, 0.717) is 22.3 Å². The molecule has 0 unspecified atom stereocenters. The lowest BCUT2D eigenvalue weighted by Gasteiger charge is -2.15. The summed E-state index contributed by atoms with van der Waals surface area (Å²) in [5, 5.41) is 7.28. The summed E-state index contributed by atoms with van der Waals surface area (Å²) in [5.74, 6) is 1.65. The average molecular weight is 268 g/mol. The highest BCUT2D eigenvalue weighted by Gasteiger charge is 2.18. The van der Waals surface area contributed by atoms with Crippen molar-refractivity contribution in [3.8, 4) is 22.8 Å². The van der Waals surface area contributed by atoms with Gasteiger partial charge >= 0.3 is 0 Å². The van der Waals surface area contributed by atoms with Gasteiger partial charge in [-0.2, -0.15) is 5.10 Å². The molecule has 0 aliphatic heterocycles. The average Bonchev–Trinajstić information content (AvgIpc) is 2.75. The minimum absolute atomic E-state index is 0.412. The van der Waals surface area contributed by atoms with E-state index in [4.69, 9.17) is 26.8 Å². The molecule has 0 saturated carbocycles. The van der Waals surface area contributed by atoms with Crippen molar-refractivity contribution in [1.29, 1.82) is 0 Å². The van der Waals surface area contributed by atoms with Gasteiger partial charge in [0, 0.05) is 23.3 Å². The highest BCUT2D eigenvalue weighted by Crippen LogP contribution is 2.42. The quantitative estimate of drug-likeness (QED) is 0.897. The Balaban J connectivity index is 2.68. The molecule has 0 bridgehead atoms. The zero-order chi connectivity index (χ0) is 13.3. The summed E-state index contributed by atoms with van der Waals surface area (Å²) in [4.78, 5) is 0. The maximum Gasteiger partial charge on any atom is 0.164 e. The second kappa shape index (κ2) is 4.78. The van der Waals surface area contributed by atoms with Crippen LogP contribution in [0.2, 0.25) is 5.02 Å². The van der Waals surface area contributed by atoms with Crippen molar-refractivity contribution in [2.45, 2.75) is 6.92 Å². The van der Waals surface area contributed by atoms with Gasteiger partial charge in [-0.05, 0) is 6.92 Å². The van der Waals surface area contributed by atoms with Gasteiger partial charge < -0.3 is 15.2 Å². The smallest absolute Gasteiger partial charge is 0.164 e. The standard InChI is InChI=1S/C12H14ClN3O2/c1-6-11(8-5-10(14)16-15-8)7(13)4-9(17-2)12(6)18-3/h4-5H,1-3H3,(H3,14,15,16). The van der Waals surface area contributed by atoms with Crippen LogP contribution in [0.1, 0.15) is 5.56 Å². The second-order valence-corrected chi connectivity index (χ2v) is 4.21. The molecule has 0 fully saturated rings. The van der Waals surface area contributed by atoms with E-state index < -0.39 is 0 Å². The number of nitrogens with two attached hydrogens (primary N) is 1. The Kier molecular flexibility index (Phi) is 3.34. The zero-order valence-corrected chi connectivity index (χ0v) is 11.1. The Morgan fingerprint density at radius 2 is 2.00 bits per heavy atom. The maximum absolute atomic E-state index is 6.26. The maximum atomic E-state index is 6.26. The van der Waals surface area contributed by atoms with Gasteiger partial charge in [-0.1, -0.05) is 11.6 Å². The molecule has 2 aromatic rings. The van der Waals surface area contributed by atoms with Gasteiger partial charge in [-0.3, -0.25) is 5.10 Å². The van der Waals surface area contributed by atoms with E-state index in [1.165, 1.54) is 0 Å². The molecule has 3 N–H and O–H groups in total. The van der Waals surface area contributed by atoms with Gasteiger partial charge in [0.15, 0.2) is 11.5 Å². The number of aromatic amines is 1. The Bertz CT molecular complexity index is 581. The number of ether oxygens (including phenoxy) is 2. The Labute approximate surface area is 110 Å². The van der Waals surface area contributed by atoms with Crippen molar-refractivity contribution in [3.05, 3.63) is 22.7 Å². The van der Waals surface area contributed by atoms with Crippen LogP contribution in [-0.4, -0.2) is 24.4 Å². The number of anilines is 1. The number of hydrogen-bond acceptors (Lipinski definition) is 4. The third-order valence-corrected chi connectivity index (χ3v) is 3.03. The molecule has 0 atom stereocenters. The van der Waals surface area contributed by atoms with Gasteiger partial charge in [0.1, 0.15) is 5.82 Å². The molecule has 0 spiro atoms. The van der Waals surface area contributed by atoms with Crippen LogP contribution in [0.25, 0.3) is 11.3 Å². The largest absolute Gasteiger partial charge is 0.493 e. The van der Waals surface area contributed by atoms with Gasteiger partial charge in [-0.15, -0.1) is 0 Å². The number of aromatic nitrogens is 2. The summed E-state index contributed by atoms with van der Waals surface area (Å²) in [6.45, 7) is 1.90. The summed E-state index contributed by atoms with van der Waals surface area (Å²) in [6, 6.07) is 3.43. The Morgan fingerprint density at radius 1 is 1.28 bits per heavy atom. The summed E-state index contributed by atoms with van der Waals surface area (Å²) < 4.78 is 10.6. The number of nitrogens with one attached hydrogen (secondary N) is 1. The molecule has 0 amide bonds. The lowest BCUT2D eigenvalue weighted by atomic mass is 10.0. The van der Waals surface area contributed by atoms with Crippen LogP contribution >= 0.6 is 11.6 Å². The molecule has 0 radical (unpaired) electrons. The van der Waals surface area contributed by atoms with Crippen molar-refractivity contribution in [1.82, 2.24) is 10.2 Å². The fourth-order valence-corrected chi connectivity index (χ4v) is 2.27. The van der Waals surface area contributed by atoms with Crippen molar-refractivity contribution >= 4 is 17.4 Å². The van der Waals surface area contributed by atoms with E-state index in [1.54, 1.807) is 26.4 Å². The van der Waals surface area contributed by atoms with E-state index in [2.05, 4.69) is 10.2 Å². The minimum Gasteiger partial charge on any atom is -0.493 e. The molecule has 1 heterocycles. The first-order valence-corrected chi connectivity index (χ1v) is 5.68. The lowest BCUT2D eigenvalue weighted by Crippen LogP contribution is -1.96. The molecule has 1 aromatic carbocycles. The molecule has 0 aliphatic rings. The number of halogens is 1. The van der Waals surface area contributed by atoms with E-state index in [9.17, 15) is 0 Å². The fraction of sp³-hybridized carbons (Fsp3) is 0.250. The van der Waals surface area contributed by atoms with Crippen LogP contribution in [0.3, 0.4) is 0 Å². The molecule has 2 rings (SSSR count). The van der Waals surface area contributed by atoms with Crippen LogP contribution in [0.4, 0.5) is 5.82 Å². The molecule has 0 aliphatic carbocycles. The van der Waals surface area contributed by atoms with E-state index in [0.717, 1.165) is 16.8 Å². The molecular weight excluding hydrogens is 254 g/mol. The first-order valence-electron chi connectivity index (χ1n) is 5.30. The SMILES string of the molecule is COc1cc(Cl)c(-c2cc(N)n[nH]2)c(C)c1OC. The van der Waals surface area contributed by atoms with Gasteiger partial charge in [0.2, 0.25) is 0 Å². The third kappa shape index (κ3) is 1.97. The Hall–Kier alpha value is -1.88. The lowest BCUT2D eigenvalue weighted by molar-refractivity contribution is 0.353. The second-order valence-electron chi connectivity index (χ2n) is 3.80. The highest BCUT2D eigenvalue weighted by molar-refractivity contribution is 6.33. The highest BCUT2D eigenvalue weighted by atomic mass is 35.5. The summed E-state index contributed by atoms with van der Waals surface area (Å²) in [6.07, 6.45) is 0. The van der Waals surface area contributed by atoms with Crippen LogP contribution in [0, 0.1) is 6.92 Å². The van der Waals surface area contributed by atoms with Crippen LogP contribution in [0.5, 0.6) is 11.5 Å². The monoisotopic (exact) mass is 267 g/mol. The van der Waals surface area contributed by atoms with Crippen LogP contribution in [0.15, 0.2) is 12.1 Å². The molecule has 6 heteroatoms. The molecule has 5 nitrogen and oxygen atoms in total. The summed E-state index contributed by atoms with van der Waals surface area (Å²) in [5.41, 5.74) is 8.02. The van der Waals surface area contributed by atoms with E-state index >= 15 is 0 Å². The van der Waals surface area contributed by atoms with Crippen molar-refractivity contribution < 1.29 is 9.47 Å². The van der Waals surface area contributed by atoms with Crippen LogP contribution in [-0.2, 0) is 0 Å². The fourth-order valence-electron chi connectivity index (χ4n) is 1.93. The minimum atomic E-state index is 0.412. The first-order chi connectivity index (χ1) is 8.58. The number of benzene rings is 1. The van der Waals surface area contributed by atoms with Gasteiger partial charge in [0.25, 0.3) is 0 Å².